The van der Waals surface area contributed by atoms with Crippen LogP contribution >= 0.6 is 0 Å². The number of imidazole rings is 1. The van der Waals surface area contributed by atoms with Crippen LogP contribution in [0.25, 0.3) is 72.7 Å². The van der Waals surface area contributed by atoms with Crippen molar-refractivity contribution in [1.82, 2.24) is 14.5 Å². The van der Waals surface area contributed by atoms with Crippen molar-refractivity contribution in [2.24, 2.45) is 0 Å². The topological polar surface area (TPSA) is 50.9 Å². The number of aromatic hydroxyl groups is 1. The van der Waals surface area contributed by atoms with Crippen LogP contribution < -0.4 is 0 Å². The summed E-state index contributed by atoms with van der Waals surface area (Å²) in [5.74, 6) is -0.633. The molecule has 0 spiro atoms. The molecule has 0 atom stereocenters. The molecule has 8 rings (SSSR count). The average molecular weight is 924 g/mol. The summed E-state index contributed by atoms with van der Waals surface area (Å²) in [6, 6.07) is 41.4. The summed E-state index contributed by atoms with van der Waals surface area (Å²) in [7, 11) is 0. The van der Waals surface area contributed by atoms with Gasteiger partial charge in [-0.25, -0.2) is 4.98 Å². The quantitative estimate of drug-likeness (QED) is 0.173. The fourth-order valence-corrected chi connectivity index (χ4v) is 9.00. The standard InChI is InChI=1S/C65H75N3O/c1-40(2)52-38-50(65(15,16)17)39-54(59(52)69)60-67-58-51(19-18-20-57(58)68(60)56-30-29-48(63(9,10)11)37-53(56)42-23-27-47(28-24-42)62(6,7)8)44-33-45(35-49(34-44)64(12,13)14)55-36-43(31-32-66-55)41-21-25-46(26-22-41)61(3,4)5/h18-40,69H,1-17H3/i3D3,4D3,5D3,40D. The number of phenols is 1. The average Bonchev–Trinajstić information content (AvgIpc) is 3.72. The summed E-state index contributed by atoms with van der Waals surface area (Å²) in [4.78, 5) is 10.5. The van der Waals surface area contributed by atoms with Crippen LogP contribution in [0.15, 0.2) is 134 Å². The monoisotopic (exact) mass is 924 g/mol. The minimum absolute atomic E-state index is 0.00253. The second kappa shape index (κ2) is 17.6. The van der Waals surface area contributed by atoms with Gasteiger partial charge in [0.2, 0.25) is 0 Å². The summed E-state index contributed by atoms with van der Waals surface area (Å²) in [6.07, 6.45) is 1.68. The molecule has 0 fully saturated rings. The third-order valence-corrected chi connectivity index (χ3v) is 13.4. The van der Waals surface area contributed by atoms with Crippen molar-refractivity contribution in [1.29, 1.82) is 0 Å². The van der Waals surface area contributed by atoms with Gasteiger partial charge in [0.25, 0.3) is 0 Å². The largest absolute Gasteiger partial charge is 0.507 e. The molecule has 0 bridgehead atoms. The fourth-order valence-electron chi connectivity index (χ4n) is 9.00. The van der Waals surface area contributed by atoms with E-state index >= 15 is 0 Å². The molecule has 0 aliphatic rings. The lowest BCUT2D eigenvalue weighted by molar-refractivity contribution is 0.465. The summed E-state index contributed by atoms with van der Waals surface area (Å²) in [5.41, 5.74) is 9.88. The lowest BCUT2D eigenvalue weighted by Crippen LogP contribution is -2.13. The molecular formula is C65H75N3O. The van der Waals surface area contributed by atoms with Gasteiger partial charge in [0.15, 0.2) is 0 Å². The van der Waals surface area contributed by atoms with E-state index in [1.54, 1.807) is 38.2 Å². The van der Waals surface area contributed by atoms with E-state index in [1.807, 2.05) is 24.3 Å². The van der Waals surface area contributed by atoms with Gasteiger partial charge in [-0.3, -0.25) is 9.55 Å². The molecule has 2 aromatic heterocycles. The number of para-hydroxylation sites is 1. The summed E-state index contributed by atoms with van der Waals surface area (Å²) < 4.78 is 85.6. The molecule has 0 aliphatic heterocycles. The number of hydrogen-bond donors (Lipinski definition) is 1. The van der Waals surface area contributed by atoms with Gasteiger partial charge in [-0.05, 0) is 137 Å². The predicted octanol–water partition coefficient (Wildman–Crippen LogP) is 18.1. The Bertz CT molecular complexity index is 3550. The Hall–Kier alpha value is -6.26. The second-order valence-corrected chi connectivity index (χ2v) is 23.2. The van der Waals surface area contributed by atoms with Gasteiger partial charge in [0, 0.05) is 36.6 Å². The maximum absolute atomic E-state index is 12.6. The van der Waals surface area contributed by atoms with Crippen LogP contribution in [0.4, 0.5) is 0 Å². The zero-order valence-electron chi connectivity index (χ0n) is 53.0. The van der Waals surface area contributed by atoms with Crippen molar-refractivity contribution in [3.05, 3.63) is 167 Å². The van der Waals surface area contributed by atoms with Gasteiger partial charge in [-0.1, -0.05) is 196 Å². The number of rotatable bonds is 7. The van der Waals surface area contributed by atoms with Gasteiger partial charge in [0.05, 0.1) is 28.0 Å². The van der Waals surface area contributed by atoms with Crippen molar-refractivity contribution in [2.75, 3.05) is 0 Å². The van der Waals surface area contributed by atoms with E-state index in [0.29, 0.717) is 39.3 Å². The molecule has 0 saturated heterocycles. The van der Waals surface area contributed by atoms with Crippen LogP contribution in [0.5, 0.6) is 5.75 Å². The molecule has 6 aromatic carbocycles. The molecule has 0 amide bonds. The van der Waals surface area contributed by atoms with E-state index in [9.17, 15) is 6.48 Å². The van der Waals surface area contributed by atoms with Crippen LogP contribution in [0.2, 0.25) is 0 Å². The lowest BCUT2D eigenvalue weighted by Gasteiger charge is -2.25. The van der Waals surface area contributed by atoms with Crippen molar-refractivity contribution >= 4 is 11.0 Å². The van der Waals surface area contributed by atoms with E-state index in [0.717, 1.165) is 55.7 Å². The maximum Gasteiger partial charge on any atom is 0.149 e. The fraction of sp³-hybridized carbons (Fsp3) is 0.354. The first kappa shape index (κ1) is 37.6. The van der Waals surface area contributed by atoms with Gasteiger partial charge in [-0.2, -0.15) is 0 Å². The molecule has 0 radical (unpaired) electrons. The van der Waals surface area contributed by atoms with E-state index in [-0.39, 0.29) is 33.0 Å². The van der Waals surface area contributed by atoms with Crippen LogP contribution in [-0.4, -0.2) is 19.6 Å². The van der Waals surface area contributed by atoms with E-state index < -0.39 is 31.9 Å². The van der Waals surface area contributed by atoms with Crippen LogP contribution in [0.3, 0.4) is 0 Å². The van der Waals surface area contributed by atoms with Gasteiger partial charge < -0.3 is 5.11 Å². The van der Waals surface area contributed by atoms with Crippen molar-refractivity contribution in [2.45, 2.75) is 150 Å². The normalized spacial score (nSPS) is 15.7. The Labute approximate surface area is 428 Å². The molecule has 0 aliphatic carbocycles. The summed E-state index contributed by atoms with van der Waals surface area (Å²) >= 11 is 0. The number of fused-ring (bicyclic) bond motifs is 1. The van der Waals surface area contributed by atoms with Crippen molar-refractivity contribution in [3.63, 3.8) is 0 Å². The third kappa shape index (κ3) is 9.96. The first-order chi connectivity index (χ1) is 36.1. The molecule has 0 unspecified atom stereocenters. The minimum atomic E-state index is -3.38. The zero-order valence-corrected chi connectivity index (χ0v) is 43.0. The SMILES string of the molecule is [2H]C(C)(C)c1cc(C(C)(C)C)cc(-c2nc3c(-c4cc(-c5cc(-c6ccc(C(C([2H])([2H])[2H])(C([2H])([2H])[2H])C([2H])([2H])[2H])cc6)ccn5)cc(C(C)(C)C)c4)cccc3n2-c2ccc(C(C)(C)C)cc2-c2ccc(C(C)(C)C)cc2)c1O. The Balaban J connectivity index is 1.39. The number of aromatic nitrogens is 3. The second-order valence-electron chi connectivity index (χ2n) is 23.2. The van der Waals surface area contributed by atoms with E-state index in [4.69, 9.17) is 22.3 Å². The first-order valence-electron chi connectivity index (χ1n) is 29.0. The number of nitrogens with zero attached hydrogens (tertiary/aromatic N) is 3. The predicted molar refractivity (Wildman–Crippen MR) is 295 cm³/mol. The molecule has 356 valence electrons. The number of benzene rings is 6. The van der Waals surface area contributed by atoms with Crippen LogP contribution in [-0.2, 0) is 27.1 Å². The molecule has 4 heteroatoms. The lowest BCUT2D eigenvalue weighted by atomic mass is 9.83. The molecule has 8 aromatic rings. The van der Waals surface area contributed by atoms with Gasteiger partial charge in [0.1, 0.15) is 11.6 Å². The Morgan fingerprint density at radius 1 is 0.493 bits per heavy atom. The Morgan fingerprint density at radius 3 is 1.64 bits per heavy atom. The number of hydrogen-bond acceptors (Lipinski definition) is 3. The van der Waals surface area contributed by atoms with Gasteiger partial charge in [-0.15, -0.1) is 0 Å². The number of pyridine rings is 1. The molecule has 69 heavy (non-hydrogen) atoms. The van der Waals surface area contributed by atoms with E-state index in [2.05, 4.69) is 160 Å². The van der Waals surface area contributed by atoms with Crippen molar-refractivity contribution < 1.29 is 18.8 Å². The van der Waals surface area contributed by atoms with Gasteiger partial charge >= 0.3 is 0 Å². The summed E-state index contributed by atoms with van der Waals surface area (Å²) in [6.45, 7) is 19.6. The Kier molecular flexibility index (Phi) is 9.60. The highest BCUT2D eigenvalue weighted by Crippen LogP contribution is 2.46. The third-order valence-electron chi connectivity index (χ3n) is 13.4. The maximum atomic E-state index is 12.6. The molecule has 0 saturated carbocycles. The highest BCUT2D eigenvalue weighted by Gasteiger charge is 2.28. The summed E-state index contributed by atoms with van der Waals surface area (Å²) in [5, 5.41) is 12.6. The highest BCUT2D eigenvalue weighted by atomic mass is 16.3. The first-order valence-corrected chi connectivity index (χ1v) is 24.0. The van der Waals surface area contributed by atoms with Crippen molar-refractivity contribution in [3.8, 4) is 67.5 Å². The molecular weight excluding hydrogens is 839 g/mol. The molecule has 2 heterocycles. The van der Waals surface area contributed by atoms with Crippen LogP contribution in [0.1, 0.15) is 170 Å². The highest BCUT2D eigenvalue weighted by molar-refractivity contribution is 5.98. The molecule has 1 N–H and O–H groups in total. The minimum Gasteiger partial charge on any atom is -0.507 e. The smallest absolute Gasteiger partial charge is 0.149 e. The Morgan fingerprint density at radius 2 is 1.04 bits per heavy atom. The zero-order chi connectivity index (χ0) is 58.6. The molecule has 4 nitrogen and oxygen atoms in total. The van der Waals surface area contributed by atoms with E-state index in [1.165, 1.54) is 17.7 Å². The van der Waals surface area contributed by atoms with Crippen LogP contribution in [0, 0.1) is 0 Å². The number of phenolic OH excluding ortho intramolecular Hbond substituents is 1.